The molecule has 2 fully saturated rings. The van der Waals surface area contributed by atoms with E-state index in [9.17, 15) is 4.79 Å². The lowest BCUT2D eigenvalue weighted by molar-refractivity contribution is -0.143. The van der Waals surface area contributed by atoms with Crippen molar-refractivity contribution in [1.82, 2.24) is 15.1 Å². The van der Waals surface area contributed by atoms with E-state index in [0.717, 1.165) is 52.1 Å². The van der Waals surface area contributed by atoms with Crippen molar-refractivity contribution in [3.63, 3.8) is 0 Å². The molecule has 4 heteroatoms. The quantitative estimate of drug-likeness (QED) is 0.834. The highest BCUT2D eigenvalue weighted by Crippen LogP contribution is 2.32. The normalized spacial score (nSPS) is 30.6. The van der Waals surface area contributed by atoms with E-state index in [2.05, 4.69) is 35.9 Å². The predicted molar refractivity (Wildman–Crippen MR) is 78.1 cm³/mol. The number of hydrogen-bond acceptors (Lipinski definition) is 3. The SMILES string of the molecule is CCC(C)N1CCN(C(=O)C2(CC)CCNC2)CC1. The fourth-order valence-corrected chi connectivity index (χ4v) is 3.34. The lowest BCUT2D eigenvalue weighted by Gasteiger charge is -2.41. The van der Waals surface area contributed by atoms with Crippen molar-refractivity contribution in [3.05, 3.63) is 0 Å². The summed E-state index contributed by atoms with van der Waals surface area (Å²) < 4.78 is 0. The van der Waals surface area contributed by atoms with Crippen LogP contribution in [0.25, 0.3) is 0 Å². The topological polar surface area (TPSA) is 35.6 Å². The molecule has 0 saturated carbocycles. The van der Waals surface area contributed by atoms with Crippen molar-refractivity contribution in [3.8, 4) is 0 Å². The van der Waals surface area contributed by atoms with E-state index in [-0.39, 0.29) is 5.41 Å². The average Bonchev–Trinajstić information content (AvgIpc) is 2.96. The fourth-order valence-electron chi connectivity index (χ4n) is 3.34. The molecule has 2 unspecified atom stereocenters. The van der Waals surface area contributed by atoms with Gasteiger partial charge in [-0.3, -0.25) is 9.69 Å². The van der Waals surface area contributed by atoms with Gasteiger partial charge >= 0.3 is 0 Å². The zero-order valence-corrected chi connectivity index (χ0v) is 12.7. The van der Waals surface area contributed by atoms with Crippen LogP contribution in [0.3, 0.4) is 0 Å². The molecule has 1 N–H and O–H groups in total. The van der Waals surface area contributed by atoms with Crippen molar-refractivity contribution in [2.24, 2.45) is 5.41 Å². The molecule has 2 aliphatic heterocycles. The van der Waals surface area contributed by atoms with E-state index in [4.69, 9.17) is 0 Å². The number of nitrogens with one attached hydrogen (secondary N) is 1. The molecule has 0 bridgehead atoms. The number of amides is 1. The highest BCUT2D eigenvalue weighted by atomic mass is 16.2. The highest BCUT2D eigenvalue weighted by molar-refractivity contribution is 5.83. The molecule has 0 aromatic heterocycles. The van der Waals surface area contributed by atoms with E-state index in [1.54, 1.807) is 0 Å². The van der Waals surface area contributed by atoms with Gasteiger partial charge in [0.25, 0.3) is 0 Å². The molecule has 2 saturated heterocycles. The van der Waals surface area contributed by atoms with Gasteiger partial charge in [0.05, 0.1) is 5.41 Å². The Kier molecular flexibility index (Phi) is 4.85. The van der Waals surface area contributed by atoms with Gasteiger partial charge in [0.1, 0.15) is 0 Å². The Morgan fingerprint density at radius 1 is 1.26 bits per heavy atom. The maximum atomic E-state index is 12.8. The van der Waals surface area contributed by atoms with Gasteiger partial charge in [-0.1, -0.05) is 13.8 Å². The number of hydrogen-bond donors (Lipinski definition) is 1. The first-order valence-corrected chi connectivity index (χ1v) is 7.87. The van der Waals surface area contributed by atoms with Gasteiger partial charge in [-0.15, -0.1) is 0 Å². The van der Waals surface area contributed by atoms with Gasteiger partial charge in [0.15, 0.2) is 0 Å². The molecule has 4 nitrogen and oxygen atoms in total. The molecule has 0 radical (unpaired) electrons. The Labute approximate surface area is 117 Å². The van der Waals surface area contributed by atoms with Crippen molar-refractivity contribution >= 4 is 5.91 Å². The van der Waals surface area contributed by atoms with Crippen molar-refractivity contribution in [1.29, 1.82) is 0 Å². The van der Waals surface area contributed by atoms with Crippen molar-refractivity contribution in [2.45, 2.75) is 46.1 Å². The molecule has 2 atom stereocenters. The number of piperazine rings is 1. The zero-order valence-electron chi connectivity index (χ0n) is 12.7. The second-order valence-corrected chi connectivity index (χ2v) is 6.15. The van der Waals surface area contributed by atoms with Crippen LogP contribution < -0.4 is 5.32 Å². The summed E-state index contributed by atoms with van der Waals surface area (Å²) >= 11 is 0. The number of nitrogens with zero attached hydrogens (tertiary/aromatic N) is 2. The van der Waals surface area contributed by atoms with Crippen LogP contribution in [0.4, 0.5) is 0 Å². The van der Waals surface area contributed by atoms with Crippen LogP contribution in [-0.4, -0.2) is 61.0 Å². The molecule has 2 aliphatic rings. The second-order valence-electron chi connectivity index (χ2n) is 6.15. The van der Waals surface area contributed by atoms with E-state index in [1.165, 1.54) is 6.42 Å². The van der Waals surface area contributed by atoms with Crippen LogP contribution in [0.2, 0.25) is 0 Å². The number of rotatable bonds is 4. The molecule has 19 heavy (non-hydrogen) atoms. The van der Waals surface area contributed by atoms with Gasteiger partial charge in [0, 0.05) is 38.8 Å². The monoisotopic (exact) mass is 267 g/mol. The predicted octanol–water partition coefficient (Wildman–Crippen LogP) is 1.32. The standard InChI is InChI=1S/C15H29N3O/c1-4-13(3)17-8-10-18(11-9-17)14(19)15(5-2)6-7-16-12-15/h13,16H,4-12H2,1-3H3. The van der Waals surface area contributed by atoms with Gasteiger partial charge in [-0.05, 0) is 32.7 Å². The van der Waals surface area contributed by atoms with Gasteiger partial charge in [0.2, 0.25) is 5.91 Å². The lowest BCUT2D eigenvalue weighted by atomic mass is 9.82. The number of carbonyl (C=O) groups is 1. The molecule has 2 rings (SSSR count). The van der Waals surface area contributed by atoms with Crippen molar-refractivity contribution in [2.75, 3.05) is 39.3 Å². The molecular formula is C15H29N3O. The van der Waals surface area contributed by atoms with E-state index < -0.39 is 0 Å². The van der Waals surface area contributed by atoms with Gasteiger partial charge in [-0.25, -0.2) is 0 Å². The van der Waals surface area contributed by atoms with Gasteiger partial charge in [-0.2, -0.15) is 0 Å². The summed E-state index contributed by atoms with van der Waals surface area (Å²) in [5, 5.41) is 3.36. The Morgan fingerprint density at radius 3 is 2.42 bits per heavy atom. The summed E-state index contributed by atoms with van der Waals surface area (Å²) in [5.74, 6) is 0.392. The van der Waals surface area contributed by atoms with Gasteiger partial charge < -0.3 is 10.2 Å². The number of carbonyl (C=O) groups excluding carboxylic acids is 1. The molecule has 0 aliphatic carbocycles. The van der Waals surface area contributed by atoms with Crippen LogP contribution in [0.15, 0.2) is 0 Å². The molecule has 2 heterocycles. The first-order valence-electron chi connectivity index (χ1n) is 7.87. The lowest BCUT2D eigenvalue weighted by Crippen LogP contribution is -2.55. The minimum absolute atomic E-state index is 0.113. The summed E-state index contributed by atoms with van der Waals surface area (Å²) in [6.07, 6.45) is 3.16. The average molecular weight is 267 g/mol. The van der Waals surface area contributed by atoms with Crippen LogP contribution in [0.1, 0.15) is 40.0 Å². The first kappa shape index (κ1) is 14.8. The molecule has 110 valence electrons. The van der Waals surface area contributed by atoms with E-state index in [0.29, 0.717) is 11.9 Å². The van der Waals surface area contributed by atoms with Crippen LogP contribution in [-0.2, 0) is 4.79 Å². The Bertz CT molecular complexity index is 305. The Hall–Kier alpha value is -0.610. The maximum Gasteiger partial charge on any atom is 0.230 e. The summed E-state index contributed by atoms with van der Waals surface area (Å²) in [5.41, 5.74) is -0.113. The largest absolute Gasteiger partial charge is 0.340 e. The molecule has 0 aromatic carbocycles. The second kappa shape index (κ2) is 6.23. The maximum absolute atomic E-state index is 12.8. The molecule has 1 amide bonds. The third-order valence-corrected chi connectivity index (χ3v) is 5.19. The summed E-state index contributed by atoms with van der Waals surface area (Å²) in [4.78, 5) is 17.4. The zero-order chi connectivity index (χ0) is 13.9. The molecular weight excluding hydrogens is 238 g/mol. The Balaban J connectivity index is 1.92. The summed E-state index contributed by atoms with van der Waals surface area (Å²) in [6, 6.07) is 0.644. The van der Waals surface area contributed by atoms with E-state index in [1.807, 2.05) is 0 Å². The van der Waals surface area contributed by atoms with Crippen molar-refractivity contribution < 1.29 is 4.79 Å². The third-order valence-electron chi connectivity index (χ3n) is 5.19. The molecule has 0 spiro atoms. The minimum Gasteiger partial charge on any atom is -0.340 e. The molecule has 0 aromatic rings. The van der Waals surface area contributed by atoms with Crippen LogP contribution in [0, 0.1) is 5.41 Å². The van der Waals surface area contributed by atoms with Crippen LogP contribution >= 0.6 is 0 Å². The summed E-state index contributed by atoms with van der Waals surface area (Å²) in [6.45, 7) is 12.4. The smallest absolute Gasteiger partial charge is 0.230 e. The third kappa shape index (κ3) is 2.95. The van der Waals surface area contributed by atoms with Crippen LogP contribution in [0.5, 0.6) is 0 Å². The summed E-state index contributed by atoms with van der Waals surface area (Å²) in [7, 11) is 0. The highest BCUT2D eigenvalue weighted by Gasteiger charge is 2.42. The fraction of sp³-hybridized carbons (Fsp3) is 0.933. The first-order chi connectivity index (χ1) is 9.13. The van der Waals surface area contributed by atoms with E-state index >= 15 is 0 Å². The minimum atomic E-state index is -0.113. The Morgan fingerprint density at radius 2 is 1.95 bits per heavy atom.